The maximum absolute atomic E-state index is 12.3. The Morgan fingerprint density at radius 1 is 1.09 bits per heavy atom. The molecule has 0 spiro atoms. The number of likely N-dealkylation sites (tertiary alicyclic amines) is 1. The zero-order chi connectivity index (χ0) is 31.9. The van der Waals surface area contributed by atoms with Crippen LogP contribution in [0.3, 0.4) is 0 Å². The van der Waals surface area contributed by atoms with Gasteiger partial charge < -0.3 is 9.80 Å². The molecule has 1 amide bonds. The maximum atomic E-state index is 12.3. The van der Waals surface area contributed by atoms with Gasteiger partial charge in [0.05, 0.1) is 50.6 Å². The normalized spacial score (nSPS) is 18.1. The molecule has 2 radical (unpaired) electrons. The number of nitrogens with zero attached hydrogens (tertiary/aromatic N) is 7. The average molecular weight is 651 g/mol. The van der Waals surface area contributed by atoms with Gasteiger partial charge >= 0.3 is 0 Å². The number of halogens is 1. The molecule has 11 heteroatoms. The summed E-state index contributed by atoms with van der Waals surface area (Å²) in [6.07, 6.45) is 11.3. The summed E-state index contributed by atoms with van der Waals surface area (Å²) in [5, 5.41) is 20.4. The molecule has 1 atom stereocenters. The lowest BCUT2D eigenvalue weighted by atomic mass is 9.94. The summed E-state index contributed by atoms with van der Waals surface area (Å²) in [4.78, 5) is 16.7. The molecule has 2 aliphatic rings. The molecule has 9 nitrogen and oxygen atoms in total. The molecule has 5 aromatic rings. The van der Waals surface area contributed by atoms with Crippen molar-refractivity contribution in [3.05, 3.63) is 78.2 Å². The van der Waals surface area contributed by atoms with Crippen LogP contribution >= 0.6 is 11.6 Å². The Hall–Kier alpha value is -3.99. The monoisotopic (exact) mass is 650 g/mol. The Bertz CT molecular complexity index is 1940. The lowest BCUT2D eigenvalue weighted by Gasteiger charge is -2.32. The fourth-order valence-corrected chi connectivity index (χ4v) is 8.63. The van der Waals surface area contributed by atoms with Crippen molar-refractivity contribution >= 4 is 48.8 Å². The highest BCUT2D eigenvalue weighted by molar-refractivity contribution is 6.39. The molecule has 236 valence electrons. The summed E-state index contributed by atoms with van der Waals surface area (Å²) in [6.45, 7) is 16.1. The van der Waals surface area contributed by atoms with Gasteiger partial charge in [-0.25, -0.2) is 0 Å². The van der Waals surface area contributed by atoms with Crippen molar-refractivity contribution in [2.75, 3.05) is 32.3 Å². The minimum atomic E-state index is -0.0163. The van der Waals surface area contributed by atoms with Crippen LogP contribution in [0.4, 0.5) is 0 Å². The largest absolute Gasteiger partial charge is 0.339 e. The second-order valence-electron chi connectivity index (χ2n) is 12.5. The first kappa shape index (κ1) is 30.6. The van der Waals surface area contributed by atoms with Gasteiger partial charge in [0, 0.05) is 52.8 Å². The van der Waals surface area contributed by atoms with Crippen molar-refractivity contribution in [1.29, 1.82) is 0 Å². The topological polar surface area (TPSA) is 87.9 Å². The summed E-state index contributed by atoms with van der Waals surface area (Å²) in [6, 6.07) is 8.74. The number of hydrogen-bond donors (Lipinski definition) is 1. The number of carbonyl (C=O) groups excluding carboxylic acids is 1. The van der Waals surface area contributed by atoms with E-state index in [1.54, 1.807) is 0 Å². The molecule has 0 saturated carbocycles. The van der Waals surface area contributed by atoms with Gasteiger partial charge in [-0.2, -0.15) is 15.3 Å². The third kappa shape index (κ3) is 5.52. The Morgan fingerprint density at radius 3 is 2.65 bits per heavy atom. The molecule has 2 aliphatic heterocycles. The third-order valence-corrected chi connectivity index (χ3v) is 11.9. The van der Waals surface area contributed by atoms with Crippen LogP contribution in [0.25, 0.3) is 44.2 Å². The molecule has 1 N–H and O–H groups in total. The number of carbonyl (C=O) groups is 1. The molecule has 0 aliphatic carbocycles. The zero-order valence-electron chi connectivity index (χ0n) is 26.5. The van der Waals surface area contributed by atoms with Crippen molar-refractivity contribution in [2.45, 2.75) is 51.2 Å². The van der Waals surface area contributed by atoms with Gasteiger partial charge in [-0.3, -0.25) is 19.3 Å². The van der Waals surface area contributed by atoms with Crippen molar-refractivity contribution in [1.82, 2.24) is 39.6 Å². The number of piperidine rings is 1. The van der Waals surface area contributed by atoms with Gasteiger partial charge in [-0.05, 0) is 81.2 Å². The standard InChI is InChI=1S/C35H39ClN8OSi/c1-5-27-11-12-41(21-46-27)15-16-43-30-8-7-24(18-25(30)19-38-43)35-32(33-28-20-37-39-29(28)17-22(3)34(33)36)23(4)44(40-35)26-9-13-42(14-10-26)31(45)6-2/h5-8,17-20,26-27H,1-2,9-16,21H2,3-4H3,(H,37,39)/t27-/m0/s1. The van der Waals surface area contributed by atoms with E-state index < -0.39 is 0 Å². The number of aromatic nitrogens is 6. The smallest absolute Gasteiger partial charge is 0.245 e. The third-order valence-electron chi connectivity index (χ3n) is 9.72. The number of aromatic amines is 1. The van der Waals surface area contributed by atoms with E-state index in [1.807, 2.05) is 30.3 Å². The van der Waals surface area contributed by atoms with E-state index in [0.717, 1.165) is 104 Å². The van der Waals surface area contributed by atoms with Crippen LogP contribution in [-0.2, 0) is 11.3 Å². The number of benzene rings is 2. The molecule has 7 rings (SSSR count). The average Bonchev–Trinajstić information content (AvgIpc) is 3.81. The van der Waals surface area contributed by atoms with Crippen molar-refractivity contribution < 1.29 is 4.79 Å². The van der Waals surface area contributed by atoms with Crippen LogP contribution in [-0.4, -0.2) is 87.3 Å². The number of allylic oxidation sites excluding steroid dienone is 1. The first-order chi connectivity index (χ1) is 22.4. The van der Waals surface area contributed by atoms with E-state index in [-0.39, 0.29) is 11.9 Å². The van der Waals surface area contributed by atoms with Gasteiger partial charge in [-0.1, -0.05) is 30.3 Å². The van der Waals surface area contributed by atoms with E-state index in [4.69, 9.17) is 21.8 Å². The van der Waals surface area contributed by atoms with E-state index >= 15 is 0 Å². The SMILES string of the molecule is C=CC(=O)N1CCC(n2nc(-c3ccc4c(cnn4CCN4CC[C@H](C=C)[Si]C4)c3)c(-c3c(Cl)c(C)cc4[nH]ncc34)c2C)CC1. The van der Waals surface area contributed by atoms with Gasteiger partial charge in [0.15, 0.2) is 0 Å². The molecule has 2 fully saturated rings. The maximum Gasteiger partial charge on any atom is 0.245 e. The van der Waals surface area contributed by atoms with Crippen LogP contribution in [0, 0.1) is 13.8 Å². The van der Waals surface area contributed by atoms with Crippen LogP contribution in [0.1, 0.15) is 36.6 Å². The first-order valence-corrected chi connectivity index (χ1v) is 17.7. The lowest BCUT2D eigenvalue weighted by molar-refractivity contribution is -0.127. The Balaban J connectivity index is 1.26. The van der Waals surface area contributed by atoms with Gasteiger partial charge in [-0.15, -0.1) is 6.58 Å². The van der Waals surface area contributed by atoms with Crippen LogP contribution in [0.5, 0.6) is 0 Å². The molecular formula is C35H39ClN8OSi. The minimum absolute atomic E-state index is 0.0163. The van der Waals surface area contributed by atoms with E-state index in [0.29, 0.717) is 23.7 Å². The predicted octanol–water partition coefficient (Wildman–Crippen LogP) is 6.40. The quantitative estimate of drug-likeness (QED) is 0.119. The summed E-state index contributed by atoms with van der Waals surface area (Å²) in [7, 11) is 0.924. The van der Waals surface area contributed by atoms with Crippen LogP contribution in [0.15, 0.2) is 62.0 Å². The highest BCUT2D eigenvalue weighted by atomic mass is 35.5. The van der Waals surface area contributed by atoms with Gasteiger partial charge in [0.1, 0.15) is 5.69 Å². The molecule has 3 aromatic heterocycles. The number of H-pyrrole nitrogens is 1. The van der Waals surface area contributed by atoms with Crippen molar-refractivity contribution in [3.8, 4) is 22.4 Å². The Labute approximate surface area is 276 Å². The molecular weight excluding hydrogens is 612 g/mol. The van der Waals surface area contributed by atoms with E-state index in [9.17, 15) is 4.79 Å². The molecule has 46 heavy (non-hydrogen) atoms. The summed E-state index contributed by atoms with van der Waals surface area (Å²) < 4.78 is 4.28. The first-order valence-electron chi connectivity index (χ1n) is 16.0. The summed E-state index contributed by atoms with van der Waals surface area (Å²) in [5.41, 5.74) is 8.63. The molecule has 5 heterocycles. The molecule has 2 saturated heterocycles. The number of fused-ring (bicyclic) bond motifs is 2. The highest BCUT2D eigenvalue weighted by Crippen LogP contribution is 2.44. The van der Waals surface area contributed by atoms with E-state index in [1.165, 1.54) is 12.5 Å². The number of rotatable bonds is 8. The Morgan fingerprint density at radius 2 is 1.91 bits per heavy atom. The van der Waals surface area contributed by atoms with Gasteiger partial charge in [0.2, 0.25) is 5.91 Å². The second-order valence-corrected chi connectivity index (χ2v) is 14.3. The number of amides is 1. The molecule has 2 aromatic carbocycles. The van der Waals surface area contributed by atoms with Gasteiger partial charge in [0.25, 0.3) is 0 Å². The number of hydrogen-bond acceptors (Lipinski definition) is 5. The molecule has 0 unspecified atom stereocenters. The fourth-order valence-electron chi connectivity index (χ4n) is 7.07. The second kappa shape index (κ2) is 12.7. The summed E-state index contributed by atoms with van der Waals surface area (Å²) in [5.74, 6) is -0.0163. The Kier molecular flexibility index (Phi) is 8.43. The van der Waals surface area contributed by atoms with Crippen molar-refractivity contribution in [3.63, 3.8) is 0 Å². The molecule has 0 bridgehead atoms. The zero-order valence-corrected chi connectivity index (χ0v) is 28.2. The van der Waals surface area contributed by atoms with Crippen molar-refractivity contribution in [2.24, 2.45) is 0 Å². The van der Waals surface area contributed by atoms with Crippen LogP contribution in [0.2, 0.25) is 10.6 Å². The number of aryl methyl sites for hydroxylation is 1. The summed E-state index contributed by atoms with van der Waals surface area (Å²) >= 11 is 7.12. The highest BCUT2D eigenvalue weighted by Gasteiger charge is 2.29. The minimum Gasteiger partial charge on any atom is -0.339 e. The lowest BCUT2D eigenvalue weighted by Crippen LogP contribution is -2.38. The fraction of sp³-hybridized carbons (Fsp3) is 0.371. The van der Waals surface area contributed by atoms with E-state index in [2.05, 4.69) is 68.8 Å². The number of nitrogens with one attached hydrogen (secondary N) is 1. The van der Waals surface area contributed by atoms with Crippen LogP contribution < -0.4 is 0 Å². The predicted molar refractivity (Wildman–Crippen MR) is 186 cm³/mol.